The molecule has 0 aliphatic rings. The Labute approximate surface area is 114 Å². The maximum Gasteiger partial charge on any atom is 0.109 e. The molecule has 0 aliphatic heterocycles. The van der Waals surface area contributed by atoms with E-state index < -0.39 is 0 Å². The molecule has 0 atom stereocenters. The molecule has 0 spiro atoms. The second-order valence-electron chi connectivity index (χ2n) is 5.85. The van der Waals surface area contributed by atoms with Crippen LogP contribution in [0.2, 0.25) is 0 Å². The fourth-order valence-electron chi connectivity index (χ4n) is 2.45. The molecule has 4 nitrogen and oxygen atoms in total. The summed E-state index contributed by atoms with van der Waals surface area (Å²) in [5.41, 5.74) is 8.69. The van der Waals surface area contributed by atoms with Crippen LogP contribution in [0.15, 0.2) is 18.2 Å². The molecular weight excluding hydrogens is 238 g/mol. The van der Waals surface area contributed by atoms with E-state index in [9.17, 15) is 0 Å². The van der Waals surface area contributed by atoms with Gasteiger partial charge in [0.15, 0.2) is 0 Å². The number of nitrogens with two attached hydrogens (primary N) is 1. The lowest BCUT2D eigenvalue weighted by atomic mass is 9.89. The number of aryl methyl sites for hydroxylation is 1. The minimum absolute atomic E-state index is 0.0493. The van der Waals surface area contributed by atoms with Gasteiger partial charge in [0, 0.05) is 25.3 Å². The smallest absolute Gasteiger partial charge is 0.109 e. The number of aliphatic hydroxyl groups is 1. The summed E-state index contributed by atoms with van der Waals surface area (Å²) in [4.78, 5) is 4.66. The quantitative estimate of drug-likeness (QED) is 0.813. The SMILES string of the molecule is CCc1nc2cc(N)ccc2n1CC(C)(C)CCO. The van der Waals surface area contributed by atoms with E-state index in [1.807, 2.05) is 18.2 Å². The summed E-state index contributed by atoms with van der Waals surface area (Å²) in [5, 5.41) is 9.17. The van der Waals surface area contributed by atoms with Gasteiger partial charge in [0.05, 0.1) is 11.0 Å². The van der Waals surface area contributed by atoms with Gasteiger partial charge in [-0.2, -0.15) is 0 Å². The van der Waals surface area contributed by atoms with Gasteiger partial charge in [-0.15, -0.1) is 0 Å². The van der Waals surface area contributed by atoms with E-state index in [0.717, 1.165) is 41.9 Å². The Kier molecular flexibility index (Phi) is 3.80. The van der Waals surface area contributed by atoms with E-state index in [4.69, 9.17) is 10.8 Å². The summed E-state index contributed by atoms with van der Waals surface area (Å²) < 4.78 is 2.25. The second-order valence-corrected chi connectivity index (χ2v) is 5.85. The number of hydrogen-bond donors (Lipinski definition) is 2. The van der Waals surface area contributed by atoms with Crippen molar-refractivity contribution in [2.75, 3.05) is 12.3 Å². The maximum atomic E-state index is 9.17. The van der Waals surface area contributed by atoms with Crippen LogP contribution >= 0.6 is 0 Å². The molecule has 1 aromatic carbocycles. The van der Waals surface area contributed by atoms with Crippen LogP contribution in [0.5, 0.6) is 0 Å². The predicted molar refractivity (Wildman–Crippen MR) is 79.0 cm³/mol. The number of nitrogen functional groups attached to an aromatic ring is 1. The van der Waals surface area contributed by atoms with Crippen molar-refractivity contribution in [1.82, 2.24) is 9.55 Å². The van der Waals surface area contributed by atoms with Crippen molar-refractivity contribution in [3.05, 3.63) is 24.0 Å². The number of imidazole rings is 1. The Morgan fingerprint density at radius 1 is 1.37 bits per heavy atom. The summed E-state index contributed by atoms with van der Waals surface area (Å²) >= 11 is 0. The number of rotatable bonds is 5. The van der Waals surface area contributed by atoms with E-state index in [1.165, 1.54) is 0 Å². The lowest BCUT2D eigenvalue weighted by Crippen LogP contribution is -2.22. The van der Waals surface area contributed by atoms with E-state index in [1.54, 1.807) is 0 Å². The number of fused-ring (bicyclic) bond motifs is 1. The number of aromatic nitrogens is 2. The van der Waals surface area contributed by atoms with E-state index in [2.05, 4.69) is 30.3 Å². The molecule has 0 aliphatic carbocycles. The monoisotopic (exact) mass is 261 g/mol. The molecule has 0 amide bonds. The zero-order chi connectivity index (χ0) is 14.0. The third kappa shape index (κ3) is 2.89. The molecule has 0 saturated heterocycles. The van der Waals surface area contributed by atoms with Crippen molar-refractivity contribution >= 4 is 16.7 Å². The van der Waals surface area contributed by atoms with Crippen molar-refractivity contribution in [1.29, 1.82) is 0 Å². The van der Waals surface area contributed by atoms with Crippen LogP contribution < -0.4 is 5.73 Å². The second kappa shape index (κ2) is 5.21. The Morgan fingerprint density at radius 3 is 2.74 bits per heavy atom. The Balaban J connectivity index is 2.46. The first-order valence-electron chi connectivity index (χ1n) is 6.82. The fourth-order valence-corrected chi connectivity index (χ4v) is 2.45. The summed E-state index contributed by atoms with van der Waals surface area (Å²) in [6, 6.07) is 5.87. The normalized spacial score (nSPS) is 12.2. The highest BCUT2D eigenvalue weighted by molar-refractivity contribution is 5.79. The molecule has 0 unspecified atom stereocenters. The third-order valence-corrected chi connectivity index (χ3v) is 3.54. The molecule has 3 N–H and O–H groups in total. The predicted octanol–water partition coefficient (Wildman–Crippen LogP) is 2.59. The van der Waals surface area contributed by atoms with Crippen LogP contribution in [-0.4, -0.2) is 21.3 Å². The Hall–Kier alpha value is -1.55. The van der Waals surface area contributed by atoms with Gasteiger partial charge in [0.1, 0.15) is 5.82 Å². The van der Waals surface area contributed by atoms with Crippen molar-refractivity contribution in [3.8, 4) is 0 Å². The average Bonchev–Trinajstić information content (AvgIpc) is 2.65. The summed E-state index contributed by atoms with van der Waals surface area (Å²) in [5.74, 6) is 1.08. The van der Waals surface area contributed by atoms with Gasteiger partial charge in [0.25, 0.3) is 0 Å². The highest BCUT2D eigenvalue weighted by Gasteiger charge is 2.21. The van der Waals surface area contributed by atoms with Crippen molar-refractivity contribution in [3.63, 3.8) is 0 Å². The van der Waals surface area contributed by atoms with Crippen LogP contribution in [0.1, 0.15) is 33.0 Å². The van der Waals surface area contributed by atoms with E-state index in [0.29, 0.717) is 0 Å². The van der Waals surface area contributed by atoms with Crippen LogP contribution in [0.4, 0.5) is 5.69 Å². The van der Waals surface area contributed by atoms with Crippen molar-refractivity contribution in [2.24, 2.45) is 5.41 Å². The number of anilines is 1. The summed E-state index contributed by atoms with van der Waals surface area (Å²) in [6.07, 6.45) is 1.68. The number of benzene rings is 1. The first kappa shape index (κ1) is 13.9. The molecular formula is C15H23N3O. The fraction of sp³-hybridized carbons (Fsp3) is 0.533. The molecule has 2 aromatic rings. The molecule has 0 saturated carbocycles. The molecule has 0 bridgehead atoms. The van der Waals surface area contributed by atoms with Gasteiger partial charge in [-0.05, 0) is 30.0 Å². The van der Waals surface area contributed by atoms with E-state index >= 15 is 0 Å². The molecule has 2 rings (SSSR count). The number of hydrogen-bond acceptors (Lipinski definition) is 3. The Bertz CT molecular complexity index is 572. The van der Waals surface area contributed by atoms with E-state index in [-0.39, 0.29) is 12.0 Å². The van der Waals surface area contributed by atoms with Crippen LogP contribution in [0.3, 0.4) is 0 Å². The van der Waals surface area contributed by atoms with Crippen LogP contribution in [-0.2, 0) is 13.0 Å². The molecule has 1 aromatic heterocycles. The van der Waals surface area contributed by atoms with Gasteiger partial charge in [-0.3, -0.25) is 0 Å². The largest absolute Gasteiger partial charge is 0.399 e. The Morgan fingerprint density at radius 2 is 2.11 bits per heavy atom. The molecule has 4 heteroatoms. The zero-order valence-electron chi connectivity index (χ0n) is 12.0. The summed E-state index contributed by atoms with van der Waals surface area (Å²) in [7, 11) is 0. The molecule has 19 heavy (non-hydrogen) atoms. The summed E-state index contributed by atoms with van der Waals surface area (Å²) in [6.45, 7) is 7.53. The average molecular weight is 261 g/mol. The first-order chi connectivity index (χ1) is 8.96. The number of nitrogens with zero attached hydrogens (tertiary/aromatic N) is 2. The van der Waals surface area contributed by atoms with Crippen molar-refractivity contribution in [2.45, 2.75) is 40.2 Å². The number of aliphatic hydroxyl groups excluding tert-OH is 1. The van der Waals surface area contributed by atoms with Crippen LogP contribution in [0.25, 0.3) is 11.0 Å². The van der Waals surface area contributed by atoms with Crippen molar-refractivity contribution < 1.29 is 5.11 Å². The first-order valence-corrected chi connectivity index (χ1v) is 6.82. The van der Waals surface area contributed by atoms with Gasteiger partial charge in [-0.25, -0.2) is 4.98 Å². The third-order valence-electron chi connectivity index (χ3n) is 3.54. The molecule has 0 radical (unpaired) electrons. The topological polar surface area (TPSA) is 64.1 Å². The molecule has 0 fully saturated rings. The minimum atomic E-state index is 0.0493. The van der Waals surface area contributed by atoms with Gasteiger partial charge in [0.2, 0.25) is 0 Å². The van der Waals surface area contributed by atoms with Gasteiger partial charge < -0.3 is 15.4 Å². The zero-order valence-corrected chi connectivity index (χ0v) is 12.0. The molecule has 104 valence electrons. The highest BCUT2D eigenvalue weighted by atomic mass is 16.3. The van der Waals surface area contributed by atoms with Gasteiger partial charge >= 0.3 is 0 Å². The lowest BCUT2D eigenvalue weighted by Gasteiger charge is -2.25. The minimum Gasteiger partial charge on any atom is -0.399 e. The lowest BCUT2D eigenvalue weighted by molar-refractivity contribution is 0.192. The molecule has 1 heterocycles. The standard InChI is InChI=1S/C15H23N3O/c1-4-14-17-12-9-11(16)5-6-13(12)18(14)10-15(2,3)7-8-19/h5-6,9,19H,4,7-8,10,16H2,1-3H3. The maximum absolute atomic E-state index is 9.17. The van der Waals surface area contributed by atoms with Gasteiger partial charge in [-0.1, -0.05) is 20.8 Å². The highest BCUT2D eigenvalue weighted by Crippen LogP contribution is 2.27. The van der Waals surface area contributed by atoms with Crippen LogP contribution in [0, 0.1) is 5.41 Å².